The summed E-state index contributed by atoms with van der Waals surface area (Å²) in [5.41, 5.74) is 1.01. The number of benzene rings is 1. The predicted octanol–water partition coefficient (Wildman–Crippen LogP) is 3.08. The molecule has 0 aliphatic carbocycles. The zero-order valence-corrected chi connectivity index (χ0v) is 12.1. The maximum Gasteiger partial charge on any atom is 0.174 e. The maximum atomic E-state index is 8.58. The van der Waals surface area contributed by atoms with Gasteiger partial charge in [-0.25, -0.2) is 0 Å². The van der Waals surface area contributed by atoms with Crippen molar-refractivity contribution in [2.75, 3.05) is 12.4 Å². The van der Waals surface area contributed by atoms with Crippen LogP contribution in [0.4, 0.5) is 0 Å². The summed E-state index contributed by atoms with van der Waals surface area (Å²) in [4.78, 5) is 0. The first kappa shape index (κ1) is 13.8. The molecule has 1 aromatic carbocycles. The molecule has 0 saturated heterocycles. The number of aromatic nitrogens is 2. The molecule has 2 aromatic rings. The molecule has 6 heteroatoms. The highest BCUT2D eigenvalue weighted by atomic mass is 32.2. The molecule has 0 fully saturated rings. The molecule has 4 nitrogen and oxygen atoms in total. The fourth-order valence-electron chi connectivity index (χ4n) is 1.42. The van der Waals surface area contributed by atoms with Crippen molar-refractivity contribution < 1.29 is 4.74 Å². The Hall–Kier alpha value is -1.58. The second-order valence-corrected chi connectivity index (χ2v) is 6.29. The van der Waals surface area contributed by atoms with Gasteiger partial charge in [-0.15, -0.1) is 10.2 Å². The van der Waals surface area contributed by atoms with Crippen LogP contribution in [0.5, 0.6) is 5.75 Å². The van der Waals surface area contributed by atoms with Crippen molar-refractivity contribution in [1.29, 1.82) is 5.26 Å². The summed E-state index contributed by atoms with van der Waals surface area (Å²) < 4.78 is 6.60. The second kappa shape index (κ2) is 7.12. The lowest BCUT2D eigenvalue weighted by Crippen LogP contribution is -2.00. The molecule has 98 valence electrons. The Bertz CT molecular complexity index is 560. The first-order chi connectivity index (χ1) is 9.28. The minimum Gasteiger partial charge on any atom is -0.493 e. The topological polar surface area (TPSA) is 58.8 Å². The van der Waals surface area contributed by atoms with Gasteiger partial charge in [-0.3, -0.25) is 0 Å². The Kier molecular flexibility index (Phi) is 5.19. The normalized spacial score (nSPS) is 10.1. The van der Waals surface area contributed by atoms with E-state index in [4.69, 9.17) is 10.00 Å². The summed E-state index contributed by atoms with van der Waals surface area (Å²) >= 11 is 3.24. The lowest BCUT2D eigenvalue weighted by Gasteiger charge is -2.05. The van der Waals surface area contributed by atoms with E-state index in [0.29, 0.717) is 13.0 Å². The number of hydrogen-bond donors (Lipinski definition) is 0. The smallest absolute Gasteiger partial charge is 0.174 e. The van der Waals surface area contributed by atoms with Crippen molar-refractivity contribution in [1.82, 2.24) is 10.2 Å². The molecule has 1 heterocycles. The highest BCUT2D eigenvalue weighted by Gasteiger charge is 2.01. The average Bonchev–Trinajstić information content (AvgIpc) is 2.83. The number of nitriles is 1. The molecule has 19 heavy (non-hydrogen) atoms. The molecule has 0 bridgehead atoms. The van der Waals surface area contributed by atoms with E-state index < -0.39 is 0 Å². The molecule has 1 aromatic heterocycles. The standard InChI is InChI=1S/C13H13N3OS2/c1-10-15-16-13(19-10)18-9-8-17-12-4-2-11(3-5-12)6-7-14/h2-5H,6,8-9H2,1H3. The Morgan fingerprint density at radius 1 is 1.32 bits per heavy atom. The summed E-state index contributed by atoms with van der Waals surface area (Å²) in [5, 5.41) is 17.6. The molecule has 0 aliphatic rings. The first-order valence-electron chi connectivity index (χ1n) is 5.79. The second-order valence-electron chi connectivity index (χ2n) is 3.76. The van der Waals surface area contributed by atoms with Crippen molar-refractivity contribution in [2.45, 2.75) is 17.7 Å². The van der Waals surface area contributed by atoms with E-state index in [1.54, 1.807) is 23.1 Å². The minimum atomic E-state index is 0.437. The van der Waals surface area contributed by atoms with Gasteiger partial charge in [-0.2, -0.15) is 5.26 Å². The van der Waals surface area contributed by atoms with Gasteiger partial charge in [-0.05, 0) is 24.6 Å². The highest BCUT2D eigenvalue weighted by molar-refractivity contribution is 8.01. The van der Waals surface area contributed by atoms with Gasteiger partial charge in [0, 0.05) is 5.75 Å². The molecule has 0 N–H and O–H groups in total. The Morgan fingerprint density at radius 3 is 2.74 bits per heavy atom. The minimum absolute atomic E-state index is 0.437. The van der Waals surface area contributed by atoms with Crippen LogP contribution in [-0.4, -0.2) is 22.6 Å². The van der Waals surface area contributed by atoms with Crippen LogP contribution in [0.2, 0.25) is 0 Å². The number of thioether (sulfide) groups is 1. The van der Waals surface area contributed by atoms with Crippen LogP contribution < -0.4 is 4.74 Å². The third-order valence-electron chi connectivity index (χ3n) is 2.29. The van der Waals surface area contributed by atoms with Crippen molar-refractivity contribution in [3.63, 3.8) is 0 Å². The summed E-state index contributed by atoms with van der Waals surface area (Å²) in [6.07, 6.45) is 0.437. The Labute approximate surface area is 120 Å². The number of hydrogen-bond acceptors (Lipinski definition) is 6. The summed E-state index contributed by atoms with van der Waals surface area (Å²) in [7, 11) is 0. The van der Waals surface area contributed by atoms with Crippen LogP contribution in [0.15, 0.2) is 28.6 Å². The van der Waals surface area contributed by atoms with Gasteiger partial charge in [0.2, 0.25) is 0 Å². The van der Waals surface area contributed by atoms with E-state index in [1.165, 1.54) is 0 Å². The van der Waals surface area contributed by atoms with E-state index in [9.17, 15) is 0 Å². The van der Waals surface area contributed by atoms with E-state index >= 15 is 0 Å². The largest absolute Gasteiger partial charge is 0.493 e. The molecule has 0 spiro atoms. The lowest BCUT2D eigenvalue weighted by molar-refractivity contribution is 0.344. The monoisotopic (exact) mass is 291 g/mol. The average molecular weight is 291 g/mol. The number of nitrogens with zero attached hydrogens (tertiary/aromatic N) is 3. The fourth-order valence-corrected chi connectivity index (χ4v) is 3.12. The third kappa shape index (κ3) is 4.54. The zero-order valence-electron chi connectivity index (χ0n) is 10.5. The van der Waals surface area contributed by atoms with Crippen LogP contribution in [0.25, 0.3) is 0 Å². The van der Waals surface area contributed by atoms with Crippen LogP contribution in [0.1, 0.15) is 10.6 Å². The number of rotatable bonds is 6. The van der Waals surface area contributed by atoms with Gasteiger partial charge >= 0.3 is 0 Å². The van der Waals surface area contributed by atoms with E-state index in [2.05, 4.69) is 16.3 Å². The molecular weight excluding hydrogens is 278 g/mol. The van der Waals surface area contributed by atoms with E-state index in [0.717, 1.165) is 26.4 Å². The maximum absolute atomic E-state index is 8.58. The summed E-state index contributed by atoms with van der Waals surface area (Å²) in [6.45, 7) is 2.57. The lowest BCUT2D eigenvalue weighted by atomic mass is 10.2. The molecule has 0 unspecified atom stereocenters. The number of aryl methyl sites for hydroxylation is 1. The molecule has 0 saturated carbocycles. The van der Waals surface area contributed by atoms with Crippen molar-refractivity contribution in [3.05, 3.63) is 34.8 Å². The SMILES string of the molecule is Cc1nnc(SCCOc2ccc(CC#N)cc2)s1. The van der Waals surface area contributed by atoms with E-state index in [1.807, 2.05) is 31.2 Å². The Balaban J connectivity index is 1.72. The van der Waals surface area contributed by atoms with Crippen molar-refractivity contribution in [3.8, 4) is 11.8 Å². The van der Waals surface area contributed by atoms with Crippen molar-refractivity contribution >= 4 is 23.1 Å². The first-order valence-corrected chi connectivity index (χ1v) is 7.60. The Morgan fingerprint density at radius 2 is 2.11 bits per heavy atom. The van der Waals surface area contributed by atoms with Gasteiger partial charge in [0.15, 0.2) is 4.34 Å². The van der Waals surface area contributed by atoms with Crippen LogP contribution >= 0.6 is 23.1 Å². The molecule has 0 aliphatic heterocycles. The molecule has 0 amide bonds. The number of ether oxygens (including phenoxy) is 1. The van der Waals surface area contributed by atoms with Crippen molar-refractivity contribution in [2.24, 2.45) is 0 Å². The molecule has 0 atom stereocenters. The van der Waals surface area contributed by atoms with Gasteiger partial charge in [-0.1, -0.05) is 35.2 Å². The summed E-state index contributed by atoms with van der Waals surface area (Å²) in [5.74, 6) is 1.67. The van der Waals surface area contributed by atoms with Gasteiger partial charge in [0.05, 0.1) is 19.1 Å². The zero-order chi connectivity index (χ0) is 13.5. The highest BCUT2D eigenvalue weighted by Crippen LogP contribution is 2.21. The van der Waals surface area contributed by atoms with E-state index in [-0.39, 0.29) is 0 Å². The quantitative estimate of drug-likeness (QED) is 0.604. The van der Waals surface area contributed by atoms with Gasteiger partial charge in [0.1, 0.15) is 10.8 Å². The molecule has 2 rings (SSSR count). The molecule has 0 radical (unpaired) electrons. The predicted molar refractivity (Wildman–Crippen MR) is 76.6 cm³/mol. The molecular formula is C13H13N3OS2. The van der Waals surface area contributed by atoms with Crippen LogP contribution in [0.3, 0.4) is 0 Å². The summed E-state index contributed by atoms with van der Waals surface area (Å²) in [6, 6.07) is 9.74. The fraction of sp³-hybridized carbons (Fsp3) is 0.308. The van der Waals surface area contributed by atoms with Crippen LogP contribution in [0, 0.1) is 18.3 Å². The van der Waals surface area contributed by atoms with Gasteiger partial charge in [0.25, 0.3) is 0 Å². The third-order valence-corrected chi connectivity index (χ3v) is 4.23. The van der Waals surface area contributed by atoms with Crippen LogP contribution in [-0.2, 0) is 6.42 Å². The van der Waals surface area contributed by atoms with Gasteiger partial charge < -0.3 is 4.74 Å².